The van der Waals surface area contributed by atoms with Crippen LogP contribution in [0.4, 0.5) is 0 Å². The van der Waals surface area contributed by atoms with Crippen molar-refractivity contribution in [2.75, 3.05) is 6.54 Å². The van der Waals surface area contributed by atoms with Gasteiger partial charge in [0.1, 0.15) is 0 Å². The third kappa shape index (κ3) is 3.98. The Hall–Kier alpha value is -1.00. The lowest BCUT2D eigenvalue weighted by molar-refractivity contribution is 0.488. The molecule has 0 aliphatic carbocycles. The second kappa shape index (κ2) is 6.96. The predicted octanol–water partition coefficient (Wildman–Crippen LogP) is 3.82. The van der Waals surface area contributed by atoms with E-state index in [1.807, 2.05) is 18.2 Å². The van der Waals surface area contributed by atoms with Crippen LogP contribution in [-0.2, 0) is 0 Å². The zero-order valence-electron chi connectivity index (χ0n) is 11.9. The summed E-state index contributed by atoms with van der Waals surface area (Å²) < 4.78 is 0. The highest BCUT2D eigenvalue weighted by atomic mass is 32.2. The van der Waals surface area contributed by atoms with Gasteiger partial charge in [0.2, 0.25) is 0 Å². The molecule has 19 heavy (non-hydrogen) atoms. The molecule has 2 aromatic rings. The number of rotatable bonds is 7. The molecule has 0 saturated heterocycles. The molecule has 1 aromatic carbocycles. The van der Waals surface area contributed by atoms with Crippen molar-refractivity contribution in [3.8, 4) is 0 Å². The number of nitrogens with zero attached hydrogens (tertiary/aromatic N) is 1. The van der Waals surface area contributed by atoms with Crippen molar-refractivity contribution in [3.05, 3.63) is 24.3 Å². The first kappa shape index (κ1) is 14.4. The molecule has 0 radical (unpaired) electrons. The molecular formula is C15H23N3S. The Bertz CT molecular complexity index is 472. The predicted molar refractivity (Wildman–Crippen MR) is 83.8 cm³/mol. The summed E-state index contributed by atoms with van der Waals surface area (Å²) in [5.74, 6) is 0. The second-order valence-electron chi connectivity index (χ2n) is 4.91. The van der Waals surface area contributed by atoms with E-state index in [0.29, 0.717) is 11.3 Å². The fourth-order valence-electron chi connectivity index (χ4n) is 2.13. The average Bonchev–Trinajstić information content (AvgIpc) is 2.81. The molecule has 0 bridgehead atoms. The molecule has 0 fully saturated rings. The Balaban J connectivity index is 1.89. The number of fused-ring (bicyclic) bond motifs is 1. The summed E-state index contributed by atoms with van der Waals surface area (Å²) in [6, 6.07) is 8.81. The summed E-state index contributed by atoms with van der Waals surface area (Å²) in [6.45, 7) is 7.73. The van der Waals surface area contributed by atoms with Crippen LogP contribution in [0.2, 0.25) is 0 Å². The van der Waals surface area contributed by atoms with E-state index in [-0.39, 0.29) is 0 Å². The number of nitrogens with one attached hydrogen (secondary N) is 2. The van der Waals surface area contributed by atoms with Gasteiger partial charge in [0.25, 0.3) is 0 Å². The van der Waals surface area contributed by atoms with Crippen molar-refractivity contribution in [1.82, 2.24) is 15.3 Å². The smallest absolute Gasteiger partial charge is 0.166 e. The number of hydrogen-bond donors (Lipinski definition) is 2. The first-order valence-electron chi connectivity index (χ1n) is 7.07. The fraction of sp³-hybridized carbons (Fsp3) is 0.533. The highest BCUT2D eigenvalue weighted by Gasteiger charge is 2.10. The molecule has 2 N–H and O–H groups in total. The second-order valence-corrected chi connectivity index (χ2v) is 6.34. The van der Waals surface area contributed by atoms with E-state index in [9.17, 15) is 0 Å². The minimum Gasteiger partial charge on any atom is -0.333 e. The summed E-state index contributed by atoms with van der Waals surface area (Å²) in [5.41, 5.74) is 2.16. The van der Waals surface area contributed by atoms with Gasteiger partial charge in [-0.3, -0.25) is 0 Å². The van der Waals surface area contributed by atoms with Gasteiger partial charge in [-0.2, -0.15) is 0 Å². The molecule has 104 valence electrons. The number of aromatic nitrogens is 2. The average molecular weight is 277 g/mol. The number of thioether (sulfide) groups is 1. The van der Waals surface area contributed by atoms with Gasteiger partial charge in [-0.25, -0.2) is 4.98 Å². The van der Waals surface area contributed by atoms with Crippen LogP contribution in [0.15, 0.2) is 29.4 Å². The number of aromatic amines is 1. The normalized spacial score (nSPS) is 13.3. The fourth-order valence-corrected chi connectivity index (χ4v) is 3.01. The maximum absolute atomic E-state index is 4.60. The van der Waals surface area contributed by atoms with Crippen LogP contribution in [0.25, 0.3) is 11.0 Å². The van der Waals surface area contributed by atoms with Crippen LogP contribution in [0, 0.1) is 0 Å². The van der Waals surface area contributed by atoms with Gasteiger partial charge in [-0.15, -0.1) is 0 Å². The van der Waals surface area contributed by atoms with Gasteiger partial charge >= 0.3 is 0 Å². The molecule has 3 nitrogen and oxygen atoms in total. The number of hydrogen-bond acceptors (Lipinski definition) is 3. The molecule has 1 heterocycles. The maximum Gasteiger partial charge on any atom is 0.166 e. The van der Waals surface area contributed by atoms with E-state index >= 15 is 0 Å². The third-order valence-corrected chi connectivity index (χ3v) is 4.35. The van der Waals surface area contributed by atoms with Crippen LogP contribution in [-0.4, -0.2) is 27.8 Å². The zero-order chi connectivity index (χ0) is 13.7. The van der Waals surface area contributed by atoms with Crippen molar-refractivity contribution in [3.63, 3.8) is 0 Å². The number of benzene rings is 1. The molecule has 0 aliphatic rings. The Morgan fingerprint density at radius 1 is 1.26 bits per heavy atom. The van der Waals surface area contributed by atoms with E-state index in [1.54, 1.807) is 11.8 Å². The summed E-state index contributed by atoms with van der Waals surface area (Å²) in [4.78, 5) is 7.97. The molecule has 0 amide bonds. The van der Waals surface area contributed by atoms with Crippen LogP contribution < -0.4 is 5.32 Å². The Morgan fingerprint density at radius 3 is 2.68 bits per heavy atom. The van der Waals surface area contributed by atoms with Crippen LogP contribution in [0.1, 0.15) is 33.6 Å². The van der Waals surface area contributed by atoms with E-state index in [1.165, 1.54) is 12.8 Å². The Labute approximate surface area is 119 Å². The van der Waals surface area contributed by atoms with Gasteiger partial charge in [0, 0.05) is 17.8 Å². The van der Waals surface area contributed by atoms with Gasteiger partial charge < -0.3 is 10.3 Å². The van der Waals surface area contributed by atoms with E-state index in [2.05, 4.69) is 42.1 Å². The quantitative estimate of drug-likeness (QED) is 0.756. The molecule has 4 heteroatoms. The van der Waals surface area contributed by atoms with Crippen molar-refractivity contribution >= 4 is 22.8 Å². The summed E-state index contributed by atoms with van der Waals surface area (Å²) in [6.07, 6.45) is 2.39. The van der Waals surface area contributed by atoms with Gasteiger partial charge in [0.15, 0.2) is 5.16 Å². The molecular weight excluding hydrogens is 254 g/mol. The Morgan fingerprint density at radius 2 is 2.00 bits per heavy atom. The van der Waals surface area contributed by atoms with E-state index in [0.717, 1.165) is 22.7 Å². The minimum absolute atomic E-state index is 0.515. The monoisotopic (exact) mass is 277 g/mol. The first-order valence-corrected chi connectivity index (χ1v) is 7.95. The standard InChI is InChI=1S/C15H23N3S/c1-4-12(5-2)16-10-11(3)19-15-17-13-8-6-7-9-14(13)18-15/h6-9,11-12,16H,4-5,10H2,1-3H3,(H,17,18). The van der Waals surface area contributed by atoms with Gasteiger partial charge in [-0.05, 0) is 25.0 Å². The number of para-hydroxylation sites is 2. The molecule has 0 saturated carbocycles. The molecule has 1 aromatic heterocycles. The summed E-state index contributed by atoms with van der Waals surface area (Å²) >= 11 is 1.80. The summed E-state index contributed by atoms with van der Waals surface area (Å²) in [7, 11) is 0. The van der Waals surface area contributed by atoms with Crippen molar-refractivity contribution in [2.24, 2.45) is 0 Å². The number of imidazole rings is 1. The van der Waals surface area contributed by atoms with Gasteiger partial charge in [0.05, 0.1) is 11.0 Å². The Kier molecular flexibility index (Phi) is 5.28. The molecule has 0 spiro atoms. The van der Waals surface area contributed by atoms with Crippen LogP contribution >= 0.6 is 11.8 Å². The lowest BCUT2D eigenvalue weighted by atomic mass is 10.2. The molecule has 0 aliphatic heterocycles. The van der Waals surface area contributed by atoms with Crippen molar-refractivity contribution in [1.29, 1.82) is 0 Å². The molecule has 1 unspecified atom stereocenters. The van der Waals surface area contributed by atoms with E-state index < -0.39 is 0 Å². The minimum atomic E-state index is 0.515. The van der Waals surface area contributed by atoms with Crippen molar-refractivity contribution in [2.45, 2.75) is 50.1 Å². The molecule has 1 atom stereocenters. The topological polar surface area (TPSA) is 40.7 Å². The zero-order valence-corrected chi connectivity index (χ0v) is 12.8. The largest absolute Gasteiger partial charge is 0.333 e. The first-order chi connectivity index (χ1) is 9.22. The van der Waals surface area contributed by atoms with Crippen LogP contribution in [0.5, 0.6) is 0 Å². The SMILES string of the molecule is CCC(CC)NCC(C)Sc1nc2ccccc2[nH]1. The highest BCUT2D eigenvalue weighted by molar-refractivity contribution is 7.99. The van der Waals surface area contributed by atoms with E-state index in [4.69, 9.17) is 0 Å². The van der Waals surface area contributed by atoms with Gasteiger partial charge in [-0.1, -0.05) is 44.7 Å². The van der Waals surface area contributed by atoms with Crippen molar-refractivity contribution < 1.29 is 0 Å². The van der Waals surface area contributed by atoms with Crippen LogP contribution in [0.3, 0.4) is 0 Å². The summed E-state index contributed by atoms with van der Waals surface area (Å²) in [5, 5.41) is 5.14. The lowest BCUT2D eigenvalue weighted by Gasteiger charge is -2.17. The lowest BCUT2D eigenvalue weighted by Crippen LogP contribution is -2.32. The highest BCUT2D eigenvalue weighted by Crippen LogP contribution is 2.22. The molecule has 2 rings (SSSR count). The number of H-pyrrole nitrogens is 1. The maximum atomic E-state index is 4.60. The third-order valence-electron chi connectivity index (χ3n) is 3.36.